The van der Waals surface area contributed by atoms with Crippen molar-refractivity contribution >= 4 is 17.2 Å². The van der Waals surface area contributed by atoms with Crippen molar-refractivity contribution in [3.8, 4) is 0 Å². The molecule has 1 aliphatic heterocycles. The molecule has 0 aliphatic carbocycles. The van der Waals surface area contributed by atoms with Gasteiger partial charge in [-0.05, 0) is 41.7 Å². The van der Waals surface area contributed by atoms with Gasteiger partial charge >= 0.3 is 0 Å². The van der Waals surface area contributed by atoms with Gasteiger partial charge in [-0.15, -0.1) is 0 Å². The minimum Gasteiger partial charge on any atom is -0.351 e. The minimum absolute atomic E-state index is 0.107. The molecule has 0 saturated carbocycles. The number of carbonyl (C=O) groups is 1. The van der Waals surface area contributed by atoms with E-state index < -0.39 is 0 Å². The van der Waals surface area contributed by atoms with Gasteiger partial charge in [-0.25, -0.2) is 0 Å². The number of nitrogens with two attached hydrogens (primary N) is 1. The van der Waals surface area contributed by atoms with Crippen LogP contribution in [-0.4, -0.2) is 36.5 Å². The number of carbonyl (C=O) groups excluding carboxylic acids is 1. The van der Waals surface area contributed by atoms with Gasteiger partial charge in [0.15, 0.2) is 0 Å². The number of nitrogens with one attached hydrogen (secondary N) is 1. The molecule has 1 aliphatic rings. The molecule has 0 atom stereocenters. The Kier molecular flexibility index (Phi) is 4.74. The van der Waals surface area contributed by atoms with Crippen molar-refractivity contribution in [3.63, 3.8) is 0 Å². The Hall–Kier alpha value is -0.910. The molecule has 1 fully saturated rings. The zero-order valence-electron chi connectivity index (χ0n) is 10.8. The van der Waals surface area contributed by atoms with Crippen LogP contribution in [0.25, 0.3) is 0 Å². The number of thiophene rings is 1. The molecule has 0 aromatic carbocycles. The summed E-state index contributed by atoms with van der Waals surface area (Å²) >= 11 is 1.68. The van der Waals surface area contributed by atoms with E-state index in [-0.39, 0.29) is 5.91 Å². The van der Waals surface area contributed by atoms with Crippen molar-refractivity contribution in [2.24, 2.45) is 5.73 Å². The van der Waals surface area contributed by atoms with E-state index in [1.807, 2.05) is 0 Å². The van der Waals surface area contributed by atoms with Crippen molar-refractivity contribution < 1.29 is 4.79 Å². The van der Waals surface area contributed by atoms with Crippen molar-refractivity contribution in [3.05, 3.63) is 21.9 Å². The van der Waals surface area contributed by atoms with Crippen LogP contribution in [0.3, 0.4) is 0 Å². The number of hydrogen-bond donors (Lipinski definition) is 2. The van der Waals surface area contributed by atoms with Crippen LogP contribution in [0.15, 0.2) is 10.8 Å². The Labute approximate surface area is 112 Å². The van der Waals surface area contributed by atoms with Gasteiger partial charge in [0.1, 0.15) is 0 Å². The molecular weight excluding hydrogens is 246 g/mol. The first kappa shape index (κ1) is 13.5. The van der Waals surface area contributed by atoms with Gasteiger partial charge in [-0.3, -0.25) is 9.69 Å². The van der Waals surface area contributed by atoms with Gasteiger partial charge < -0.3 is 11.1 Å². The van der Waals surface area contributed by atoms with E-state index in [1.165, 1.54) is 11.1 Å². The molecule has 2 rings (SSSR count). The van der Waals surface area contributed by atoms with Crippen molar-refractivity contribution in [1.82, 2.24) is 10.2 Å². The second-order valence-corrected chi connectivity index (χ2v) is 5.71. The smallest absolute Gasteiger partial charge is 0.234 e. The highest BCUT2D eigenvalue weighted by Gasteiger charge is 2.17. The lowest BCUT2D eigenvalue weighted by Crippen LogP contribution is -2.44. The number of aryl methyl sites for hydroxylation is 1. The SMILES string of the molecule is Cc1cscc1CNC(=O)CN1CCC(N)CC1. The number of amides is 1. The molecule has 0 unspecified atom stereocenters. The monoisotopic (exact) mass is 267 g/mol. The molecule has 0 bridgehead atoms. The Morgan fingerprint density at radius 1 is 1.50 bits per heavy atom. The summed E-state index contributed by atoms with van der Waals surface area (Å²) in [5, 5.41) is 7.18. The zero-order valence-corrected chi connectivity index (χ0v) is 11.6. The van der Waals surface area contributed by atoms with E-state index in [0.29, 0.717) is 19.1 Å². The summed E-state index contributed by atoms with van der Waals surface area (Å²) in [5.41, 5.74) is 8.31. The lowest BCUT2D eigenvalue weighted by atomic mass is 10.1. The number of hydrogen-bond acceptors (Lipinski definition) is 4. The Morgan fingerprint density at radius 3 is 2.83 bits per heavy atom. The summed E-state index contributed by atoms with van der Waals surface area (Å²) in [5.74, 6) is 0.107. The highest BCUT2D eigenvalue weighted by atomic mass is 32.1. The second-order valence-electron chi connectivity index (χ2n) is 4.97. The van der Waals surface area contributed by atoms with Gasteiger partial charge in [0.05, 0.1) is 6.54 Å². The number of nitrogens with zero attached hydrogens (tertiary/aromatic N) is 1. The van der Waals surface area contributed by atoms with E-state index >= 15 is 0 Å². The largest absolute Gasteiger partial charge is 0.351 e. The first-order valence-corrected chi connectivity index (χ1v) is 7.35. The van der Waals surface area contributed by atoms with Crippen LogP contribution >= 0.6 is 11.3 Å². The highest BCUT2D eigenvalue weighted by molar-refractivity contribution is 7.08. The molecule has 1 aromatic rings. The third kappa shape index (κ3) is 3.80. The summed E-state index contributed by atoms with van der Waals surface area (Å²) in [7, 11) is 0. The quantitative estimate of drug-likeness (QED) is 0.859. The fraction of sp³-hybridized carbons (Fsp3) is 0.615. The van der Waals surface area contributed by atoms with E-state index in [4.69, 9.17) is 5.73 Å². The fourth-order valence-electron chi connectivity index (χ4n) is 2.13. The maximum absolute atomic E-state index is 11.8. The summed E-state index contributed by atoms with van der Waals surface area (Å²) < 4.78 is 0. The topological polar surface area (TPSA) is 58.4 Å². The molecule has 5 heteroatoms. The fourth-order valence-corrected chi connectivity index (χ4v) is 2.99. The third-order valence-electron chi connectivity index (χ3n) is 3.44. The van der Waals surface area contributed by atoms with Crippen LogP contribution in [0.5, 0.6) is 0 Å². The average Bonchev–Trinajstić information content (AvgIpc) is 2.75. The lowest BCUT2D eigenvalue weighted by Gasteiger charge is -2.29. The van der Waals surface area contributed by atoms with Crippen LogP contribution in [0.4, 0.5) is 0 Å². The van der Waals surface area contributed by atoms with Gasteiger partial charge in [0.2, 0.25) is 5.91 Å². The molecule has 1 aromatic heterocycles. The van der Waals surface area contributed by atoms with Crippen molar-refractivity contribution in [1.29, 1.82) is 0 Å². The molecule has 1 saturated heterocycles. The standard InChI is InChI=1S/C13H21N3OS/c1-10-8-18-9-11(10)6-15-13(17)7-16-4-2-12(14)3-5-16/h8-9,12H,2-7,14H2,1H3,(H,15,17). The van der Waals surface area contributed by atoms with E-state index in [2.05, 4.69) is 27.9 Å². The van der Waals surface area contributed by atoms with E-state index in [0.717, 1.165) is 25.9 Å². The summed E-state index contributed by atoms with van der Waals surface area (Å²) in [6.45, 7) is 5.08. The Balaban J connectivity index is 1.71. The normalized spacial score (nSPS) is 17.9. The van der Waals surface area contributed by atoms with Crippen LogP contribution < -0.4 is 11.1 Å². The van der Waals surface area contributed by atoms with Crippen LogP contribution in [0.2, 0.25) is 0 Å². The highest BCUT2D eigenvalue weighted by Crippen LogP contribution is 2.13. The van der Waals surface area contributed by atoms with Gasteiger partial charge in [0, 0.05) is 25.7 Å². The maximum Gasteiger partial charge on any atom is 0.234 e. The van der Waals surface area contributed by atoms with Crippen LogP contribution in [0, 0.1) is 6.92 Å². The number of piperidine rings is 1. The Morgan fingerprint density at radius 2 is 2.22 bits per heavy atom. The van der Waals surface area contributed by atoms with Gasteiger partial charge in [-0.1, -0.05) is 0 Å². The summed E-state index contributed by atoms with van der Waals surface area (Å²) in [6.07, 6.45) is 1.99. The molecule has 3 N–H and O–H groups in total. The second kappa shape index (κ2) is 6.31. The summed E-state index contributed by atoms with van der Waals surface area (Å²) in [4.78, 5) is 14.0. The molecule has 2 heterocycles. The van der Waals surface area contributed by atoms with Gasteiger partial charge in [0.25, 0.3) is 0 Å². The minimum atomic E-state index is 0.107. The first-order chi connectivity index (χ1) is 8.65. The molecule has 100 valence electrons. The predicted molar refractivity (Wildman–Crippen MR) is 74.6 cm³/mol. The summed E-state index contributed by atoms with van der Waals surface area (Å²) in [6, 6.07) is 0.317. The lowest BCUT2D eigenvalue weighted by molar-refractivity contribution is -0.122. The number of rotatable bonds is 4. The molecule has 0 spiro atoms. The van der Waals surface area contributed by atoms with E-state index in [9.17, 15) is 4.79 Å². The molecule has 4 nitrogen and oxygen atoms in total. The first-order valence-electron chi connectivity index (χ1n) is 6.41. The van der Waals surface area contributed by atoms with Crippen LogP contribution in [-0.2, 0) is 11.3 Å². The van der Waals surface area contributed by atoms with Crippen molar-refractivity contribution in [2.75, 3.05) is 19.6 Å². The molecule has 18 heavy (non-hydrogen) atoms. The maximum atomic E-state index is 11.8. The average molecular weight is 267 g/mol. The van der Waals surface area contributed by atoms with E-state index in [1.54, 1.807) is 11.3 Å². The van der Waals surface area contributed by atoms with Crippen molar-refractivity contribution in [2.45, 2.75) is 32.4 Å². The van der Waals surface area contributed by atoms with Gasteiger partial charge in [-0.2, -0.15) is 11.3 Å². The molecule has 1 amide bonds. The predicted octanol–water partition coefficient (Wildman–Crippen LogP) is 1.10. The zero-order chi connectivity index (χ0) is 13.0. The number of likely N-dealkylation sites (tertiary alicyclic amines) is 1. The Bertz CT molecular complexity index is 397. The molecular formula is C13H21N3OS. The molecule has 0 radical (unpaired) electrons. The third-order valence-corrected chi connectivity index (χ3v) is 4.35. The van der Waals surface area contributed by atoms with Crippen LogP contribution in [0.1, 0.15) is 24.0 Å².